The van der Waals surface area contributed by atoms with Gasteiger partial charge in [-0.25, -0.2) is 0 Å². The topological polar surface area (TPSA) is 72.7 Å². The average Bonchev–Trinajstić information content (AvgIpc) is 3.35. The lowest BCUT2D eigenvalue weighted by Gasteiger charge is -2.37. The first-order chi connectivity index (χ1) is 16.5. The molecule has 1 atom stereocenters. The first-order valence-corrected chi connectivity index (χ1v) is 12.6. The number of nitrogens with zero attached hydrogens (tertiary/aromatic N) is 3. The summed E-state index contributed by atoms with van der Waals surface area (Å²) >= 11 is 7.46. The summed E-state index contributed by atoms with van der Waals surface area (Å²) in [4.78, 5) is 8.04. The van der Waals surface area contributed by atoms with Gasteiger partial charge in [0.15, 0.2) is 5.11 Å². The van der Waals surface area contributed by atoms with Crippen molar-refractivity contribution in [2.45, 2.75) is 24.3 Å². The number of allylic oxidation sites excluding steroid dienone is 1. The van der Waals surface area contributed by atoms with E-state index in [1.54, 1.807) is 26.0 Å². The molecule has 34 heavy (non-hydrogen) atoms. The van der Waals surface area contributed by atoms with Crippen LogP contribution in [0, 0.1) is 0 Å². The van der Waals surface area contributed by atoms with Gasteiger partial charge < -0.3 is 24.2 Å². The Labute approximate surface area is 209 Å². The number of hydrogen-bond donors (Lipinski definition) is 1. The van der Waals surface area contributed by atoms with Crippen LogP contribution in [0.25, 0.3) is 17.0 Å². The van der Waals surface area contributed by atoms with Crippen LogP contribution in [0.5, 0.6) is 5.75 Å². The van der Waals surface area contributed by atoms with E-state index in [0.29, 0.717) is 23.4 Å². The minimum Gasteiger partial charge on any atom is -0.497 e. The minimum absolute atomic E-state index is 0.208. The molecule has 0 aliphatic carbocycles. The smallest absolute Gasteiger partial charge is 0.258 e. The predicted octanol–water partition coefficient (Wildman–Crippen LogP) is 5.17. The average molecular weight is 497 g/mol. The SMILES string of the molecule is COCCCN1C(=S)NC(c2ccc(SC)cc2)C(c2nc(-c3cccc(OC)c3)no2)=C1C. The fraction of sp³-hybridized carbons (Fsp3) is 0.320. The third kappa shape index (κ3) is 5.11. The second-order valence-corrected chi connectivity index (χ2v) is 9.07. The van der Waals surface area contributed by atoms with Crippen LogP contribution in [-0.2, 0) is 4.74 Å². The number of methoxy groups -OCH3 is 2. The molecule has 2 heterocycles. The largest absolute Gasteiger partial charge is 0.497 e. The van der Waals surface area contributed by atoms with E-state index in [0.717, 1.165) is 41.1 Å². The van der Waals surface area contributed by atoms with Gasteiger partial charge in [0.25, 0.3) is 5.89 Å². The van der Waals surface area contributed by atoms with Crippen LogP contribution in [0.2, 0.25) is 0 Å². The summed E-state index contributed by atoms with van der Waals surface area (Å²) in [6, 6.07) is 15.8. The molecule has 178 valence electrons. The van der Waals surface area contributed by atoms with Gasteiger partial charge in [0.2, 0.25) is 5.82 Å². The number of thiocarbonyl (C=S) groups is 1. The van der Waals surface area contributed by atoms with Crippen molar-refractivity contribution in [1.29, 1.82) is 0 Å². The second-order valence-electron chi connectivity index (χ2n) is 7.81. The van der Waals surface area contributed by atoms with Crippen LogP contribution >= 0.6 is 24.0 Å². The Morgan fingerprint density at radius 3 is 2.68 bits per heavy atom. The van der Waals surface area contributed by atoms with Crippen molar-refractivity contribution in [3.05, 3.63) is 65.7 Å². The second kappa shape index (κ2) is 11.0. The van der Waals surface area contributed by atoms with E-state index in [1.807, 2.05) is 31.2 Å². The number of hydrogen-bond acceptors (Lipinski definition) is 7. The lowest BCUT2D eigenvalue weighted by atomic mass is 9.95. The molecule has 1 aliphatic rings. The standard InChI is InChI=1S/C25H28N4O3S2/c1-16-21(24-27-23(28-32-24)18-7-5-8-19(15-18)31-3)22(17-9-11-20(34-4)12-10-17)26-25(33)29(16)13-6-14-30-2/h5,7-12,15,22H,6,13-14H2,1-4H3,(H,26,33). The highest BCUT2D eigenvalue weighted by Crippen LogP contribution is 2.38. The van der Waals surface area contributed by atoms with Gasteiger partial charge in [-0.05, 0) is 61.6 Å². The first kappa shape index (κ1) is 24.3. The Kier molecular flexibility index (Phi) is 7.87. The molecule has 1 aliphatic heterocycles. The monoisotopic (exact) mass is 496 g/mol. The summed E-state index contributed by atoms with van der Waals surface area (Å²) < 4.78 is 16.4. The molecular weight excluding hydrogens is 468 g/mol. The number of rotatable bonds is 9. The molecule has 7 nitrogen and oxygen atoms in total. The Hall–Kier alpha value is -2.88. The molecule has 0 radical (unpaired) electrons. The van der Waals surface area contributed by atoms with Gasteiger partial charge in [0.1, 0.15) is 5.75 Å². The maximum absolute atomic E-state index is 5.81. The van der Waals surface area contributed by atoms with Crippen LogP contribution in [0.4, 0.5) is 0 Å². The van der Waals surface area contributed by atoms with Crippen LogP contribution in [0.1, 0.15) is 30.8 Å². The maximum Gasteiger partial charge on any atom is 0.258 e. The zero-order chi connectivity index (χ0) is 24.1. The highest BCUT2D eigenvalue weighted by molar-refractivity contribution is 7.98. The Balaban J connectivity index is 1.76. The summed E-state index contributed by atoms with van der Waals surface area (Å²) in [5.41, 5.74) is 3.79. The summed E-state index contributed by atoms with van der Waals surface area (Å²) in [7, 11) is 3.34. The van der Waals surface area contributed by atoms with Gasteiger partial charge in [-0.2, -0.15) is 4.98 Å². The van der Waals surface area contributed by atoms with Gasteiger partial charge in [0.05, 0.1) is 18.7 Å². The van der Waals surface area contributed by atoms with E-state index in [4.69, 9.17) is 31.2 Å². The van der Waals surface area contributed by atoms with Crippen molar-refractivity contribution in [1.82, 2.24) is 20.4 Å². The van der Waals surface area contributed by atoms with Crippen molar-refractivity contribution in [3.63, 3.8) is 0 Å². The molecule has 1 N–H and O–H groups in total. The molecule has 2 aromatic carbocycles. The summed E-state index contributed by atoms with van der Waals surface area (Å²) in [5.74, 6) is 1.70. The van der Waals surface area contributed by atoms with Crippen molar-refractivity contribution in [3.8, 4) is 17.1 Å². The number of thioether (sulfide) groups is 1. The number of aromatic nitrogens is 2. The molecule has 0 amide bonds. The fourth-order valence-corrected chi connectivity index (χ4v) is 4.71. The summed E-state index contributed by atoms with van der Waals surface area (Å²) in [6.45, 7) is 3.43. The van der Waals surface area contributed by atoms with Crippen molar-refractivity contribution in [2.24, 2.45) is 0 Å². The Bertz CT molecular complexity index is 1180. The molecular formula is C25H28N4O3S2. The molecule has 0 fully saturated rings. The maximum atomic E-state index is 5.81. The van der Waals surface area contributed by atoms with Gasteiger partial charge in [-0.1, -0.05) is 29.4 Å². The van der Waals surface area contributed by atoms with Crippen LogP contribution in [0.3, 0.4) is 0 Å². The molecule has 0 saturated heterocycles. The summed E-state index contributed by atoms with van der Waals surface area (Å²) in [6.07, 6.45) is 2.91. The minimum atomic E-state index is -0.208. The van der Waals surface area contributed by atoms with Crippen LogP contribution in [0.15, 0.2) is 63.6 Å². The van der Waals surface area contributed by atoms with Gasteiger partial charge in [0, 0.05) is 36.4 Å². The molecule has 9 heteroatoms. The van der Waals surface area contributed by atoms with E-state index in [1.165, 1.54) is 4.90 Å². The highest BCUT2D eigenvalue weighted by atomic mass is 32.2. The van der Waals surface area contributed by atoms with Crippen molar-refractivity contribution in [2.75, 3.05) is 33.6 Å². The Morgan fingerprint density at radius 2 is 1.97 bits per heavy atom. The van der Waals surface area contributed by atoms with Gasteiger partial charge in [-0.3, -0.25) is 0 Å². The van der Waals surface area contributed by atoms with E-state index in [2.05, 4.69) is 45.9 Å². The highest BCUT2D eigenvalue weighted by Gasteiger charge is 2.34. The Morgan fingerprint density at radius 1 is 1.18 bits per heavy atom. The molecule has 1 aromatic heterocycles. The number of benzene rings is 2. The predicted molar refractivity (Wildman–Crippen MR) is 139 cm³/mol. The van der Waals surface area contributed by atoms with Gasteiger partial charge >= 0.3 is 0 Å². The van der Waals surface area contributed by atoms with Crippen molar-refractivity contribution < 1.29 is 14.0 Å². The van der Waals surface area contributed by atoms with E-state index < -0.39 is 0 Å². The third-order valence-electron chi connectivity index (χ3n) is 5.76. The molecule has 0 bridgehead atoms. The molecule has 3 aromatic rings. The van der Waals surface area contributed by atoms with E-state index in [9.17, 15) is 0 Å². The number of ether oxygens (including phenoxy) is 2. The zero-order valence-corrected chi connectivity index (χ0v) is 21.3. The molecule has 4 rings (SSSR count). The van der Waals surface area contributed by atoms with Crippen LogP contribution in [-0.4, -0.2) is 53.8 Å². The van der Waals surface area contributed by atoms with Crippen molar-refractivity contribution >= 4 is 34.7 Å². The normalized spacial score (nSPS) is 16.1. The third-order valence-corrected chi connectivity index (χ3v) is 6.84. The molecule has 1 unspecified atom stereocenters. The molecule has 0 saturated carbocycles. The van der Waals surface area contributed by atoms with Gasteiger partial charge in [-0.15, -0.1) is 11.8 Å². The quantitative estimate of drug-likeness (QED) is 0.245. The molecule has 0 spiro atoms. The van der Waals surface area contributed by atoms with Crippen LogP contribution < -0.4 is 10.1 Å². The number of nitrogens with one attached hydrogen (secondary N) is 1. The lowest BCUT2D eigenvalue weighted by molar-refractivity contribution is 0.188. The van der Waals surface area contributed by atoms with E-state index >= 15 is 0 Å². The van der Waals surface area contributed by atoms with E-state index in [-0.39, 0.29) is 6.04 Å². The zero-order valence-electron chi connectivity index (χ0n) is 19.7. The first-order valence-electron chi connectivity index (χ1n) is 11.0. The lowest BCUT2D eigenvalue weighted by Crippen LogP contribution is -2.46. The summed E-state index contributed by atoms with van der Waals surface area (Å²) in [5, 5.41) is 8.44. The fourth-order valence-electron chi connectivity index (χ4n) is 3.95.